The molecule has 0 atom stereocenters. The number of hydrogen-bond donors (Lipinski definition) is 0. The van der Waals surface area contributed by atoms with Crippen LogP contribution in [0.25, 0.3) is 0 Å². The molecule has 0 aromatic heterocycles. The topological polar surface area (TPSA) is 22.2 Å². The molecule has 2 heterocycles. The van der Waals surface area contributed by atoms with Gasteiger partial charge < -0.3 is 14.5 Å². The summed E-state index contributed by atoms with van der Waals surface area (Å²) >= 11 is 0. The summed E-state index contributed by atoms with van der Waals surface area (Å²) in [6.07, 6.45) is 4.73. The van der Waals surface area contributed by atoms with Crippen LogP contribution in [0.1, 0.15) is 116 Å². The van der Waals surface area contributed by atoms with Crippen molar-refractivity contribution in [3.05, 3.63) is 0 Å². The minimum Gasteiger partial charge on any atom is -0.376 e. The Bertz CT molecular complexity index is 711. The normalized spacial score (nSPS) is 20.8. The van der Waals surface area contributed by atoms with Gasteiger partial charge >= 0.3 is 0 Å². The summed E-state index contributed by atoms with van der Waals surface area (Å²) in [6.45, 7) is 43.9. The number of piperazine rings is 2. The van der Waals surface area contributed by atoms with Gasteiger partial charge in [0.1, 0.15) is 0 Å². The second-order valence-corrected chi connectivity index (χ2v) is 16.6. The third-order valence-corrected chi connectivity index (χ3v) is 10.8. The lowest BCUT2D eigenvalue weighted by Crippen LogP contribution is -2.61. The molecule has 0 spiro atoms. The van der Waals surface area contributed by atoms with Crippen LogP contribution in [0.15, 0.2) is 0 Å². The van der Waals surface area contributed by atoms with E-state index in [0.717, 1.165) is 25.4 Å². The molecule has 2 saturated heterocycles. The van der Waals surface area contributed by atoms with Gasteiger partial charge in [-0.3, -0.25) is 9.80 Å². The molecule has 0 aromatic rings. The van der Waals surface area contributed by atoms with E-state index in [9.17, 15) is 0 Å². The van der Waals surface area contributed by atoms with Gasteiger partial charge in [0, 0.05) is 76.6 Å². The number of rotatable bonds is 15. The first kappa shape index (κ1) is 35.0. The predicted molar refractivity (Wildman–Crippen MR) is 171 cm³/mol. The van der Waals surface area contributed by atoms with Gasteiger partial charge in [0.15, 0.2) is 0 Å². The van der Waals surface area contributed by atoms with Crippen molar-refractivity contribution in [2.75, 3.05) is 72.1 Å². The maximum absolute atomic E-state index is 6.17. The molecular formula is C34H70N4O. The Morgan fingerprint density at radius 1 is 0.667 bits per heavy atom. The second kappa shape index (κ2) is 13.8. The second-order valence-electron chi connectivity index (χ2n) is 16.6. The fraction of sp³-hybridized carbons (Fsp3) is 1.00. The maximum atomic E-state index is 6.17. The van der Waals surface area contributed by atoms with Gasteiger partial charge in [-0.1, -0.05) is 48.5 Å². The largest absolute Gasteiger partial charge is 0.376 e. The van der Waals surface area contributed by atoms with E-state index in [1.165, 1.54) is 78.3 Å². The van der Waals surface area contributed by atoms with Crippen LogP contribution in [-0.2, 0) is 4.74 Å². The van der Waals surface area contributed by atoms with Crippen molar-refractivity contribution in [3.63, 3.8) is 0 Å². The zero-order valence-corrected chi connectivity index (χ0v) is 28.9. The summed E-state index contributed by atoms with van der Waals surface area (Å²) in [6, 6.07) is 0. The molecule has 2 aliphatic heterocycles. The van der Waals surface area contributed by atoms with E-state index in [2.05, 4.69) is 110 Å². The van der Waals surface area contributed by atoms with Crippen LogP contribution in [0.2, 0.25) is 0 Å². The Morgan fingerprint density at radius 2 is 1.18 bits per heavy atom. The van der Waals surface area contributed by atoms with Crippen LogP contribution in [0.5, 0.6) is 0 Å². The molecule has 2 rings (SSSR count). The van der Waals surface area contributed by atoms with Crippen molar-refractivity contribution in [1.29, 1.82) is 0 Å². The lowest BCUT2D eigenvalue weighted by atomic mass is 9.68. The fourth-order valence-electron chi connectivity index (χ4n) is 6.72. The molecule has 39 heavy (non-hydrogen) atoms. The molecule has 0 unspecified atom stereocenters. The molecule has 0 radical (unpaired) electrons. The zero-order valence-electron chi connectivity index (χ0n) is 28.9. The zero-order chi connectivity index (χ0) is 29.7. The van der Waals surface area contributed by atoms with Crippen molar-refractivity contribution < 1.29 is 4.74 Å². The smallest absolute Gasteiger partial charge is 0.0623 e. The summed E-state index contributed by atoms with van der Waals surface area (Å²) in [4.78, 5) is 10.9. The van der Waals surface area contributed by atoms with E-state index < -0.39 is 0 Å². The average molecular weight is 551 g/mol. The Kier molecular flexibility index (Phi) is 12.4. The third kappa shape index (κ3) is 10.5. The van der Waals surface area contributed by atoms with E-state index >= 15 is 0 Å². The maximum Gasteiger partial charge on any atom is 0.0623 e. The van der Waals surface area contributed by atoms with Crippen molar-refractivity contribution >= 4 is 0 Å². The van der Waals surface area contributed by atoms with E-state index in [0.29, 0.717) is 10.8 Å². The molecule has 2 aliphatic rings. The number of hydrogen-bond acceptors (Lipinski definition) is 5. The van der Waals surface area contributed by atoms with Gasteiger partial charge in [-0.25, -0.2) is 0 Å². The van der Waals surface area contributed by atoms with Gasteiger partial charge in [0.05, 0.1) is 5.60 Å². The van der Waals surface area contributed by atoms with Crippen LogP contribution in [0.4, 0.5) is 0 Å². The highest BCUT2D eigenvalue weighted by molar-refractivity contribution is 4.97. The predicted octanol–water partition coefficient (Wildman–Crippen LogP) is 6.86. The van der Waals surface area contributed by atoms with E-state index in [1.54, 1.807) is 0 Å². The first-order valence-electron chi connectivity index (χ1n) is 16.4. The van der Waals surface area contributed by atoms with Crippen LogP contribution in [0, 0.1) is 16.7 Å². The first-order chi connectivity index (χ1) is 17.8. The Labute approximate surface area is 245 Å². The quantitative estimate of drug-likeness (QED) is 0.221. The minimum atomic E-state index is -0.00385. The van der Waals surface area contributed by atoms with Gasteiger partial charge in [-0.05, 0) is 90.5 Å². The highest BCUT2D eigenvalue weighted by Crippen LogP contribution is 2.41. The summed E-state index contributed by atoms with van der Waals surface area (Å²) in [5, 5.41) is 0. The van der Waals surface area contributed by atoms with Gasteiger partial charge in [-0.2, -0.15) is 0 Å². The lowest BCUT2D eigenvalue weighted by molar-refractivity contribution is -0.0438. The molecule has 2 fully saturated rings. The van der Waals surface area contributed by atoms with Crippen molar-refractivity contribution in [2.45, 2.75) is 132 Å². The Morgan fingerprint density at radius 3 is 1.69 bits per heavy atom. The first-order valence-corrected chi connectivity index (χ1v) is 16.4. The van der Waals surface area contributed by atoms with Crippen molar-refractivity contribution in [3.8, 4) is 0 Å². The molecule has 0 aliphatic carbocycles. The molecule has 0 bridgehead atoms. The van der Waals surface area contributed by atoms with Crippen LogP contribution < -0.4 is 0 Å². The molecular weight excluding hydrogens is 480 g/mol. The molecule has 0 N–H and O–H groups in total. The van der Waals surface area contributed by atoms with Crippen LogP contribution in [-0.4, -0.2) is 108 Å². The SMILES string of the molecule is CCC(C)(C)OCCC(C)(C)N1CCN(CCC(C)(C)CN2CCN(C(C)(C)C(C)(C)CC(C)C)CC2)CC1. The molecule has 0 aromatic carbocycles. The highest BCUT2D eigenvalue weighted by Gasteiger charge is 2.43. The molecule has 5 heteroatoms. The summed E-state index contributed by atoms with van der Waals surface area (Å²) in [7, 11) is 0. The minimum absolute atomic E-state index is 0.00385. The average Bonchev–Trinajstić information content (AvgIpc) is 2.82. The Balaban J connectivity index is 1.74. The molecule has 0 amide bonds. The molecule has 232 valence electrons. The van der Waals surface area contributed by atoms with Crippen LogP contribution in [0.3, 0.4) is 0 Å². The fourth-order valence-corrected chi connectivity index (χ4v) is 6.72. The summed E-state index contributed by atoms with van der Waals surface area (Å²) in [5.41, 5.74) is 1.11. The van der Waals surface area contributed by atoms with E-state index in [-0.39, 0.29) is 16.7 Å². The van der Waals surface area contributed by atoms with Gasteiger partial charge in [0.2, 0.25) is 0 Å². The summed E-state index contributed by atoms with van der Waals surface area (Å²) < 4.78 is 6.17. The Hall–Kier alpha value is -0.200. The van der Waals surface area contributed by atoms with Crippen LogP contribution >= 0.6 is 0 Å². The van der Waals surface area contributed by atoms with Gasteiger partial charge in [-0.15, -0.1) is 0 Å². The number of nitrogens with zero attached hydrogens (tertiary/aromatic N) is 4. The van der Waals surface area contributed by atoms with E-state index in [1.807, 2.05) is 0 Å². The standard InChI is InChI=1S/C34H70N4O/c1-14-33(10,11)39-26-16-32(8,9)37-22-18-35(19-23-37)17-15-30(4,5)28-36-20-24-38(25-21-36)34(12,13)31(6,7)27-29(2)3/h29H,14-28H2,1-13H3. The molecule has 0 saturated carbocycles. The van der Waals surface area contributed by atoms with Gasteiger partial charge in [0.25, 0.3) is 0 Å². The lowest BCUT2D eigenvalue weighted by Gasteiger charge is -2.53. The van der Waals surface area contributed by atoms with E-state index in [4.69, 9.17) is 4.74 Å². The van der Waals surface area contributed by atoms with Crippen molar-refractivity contribution in [1.82, 2.24) is 19.6 Å². The third-order valence-electron chi connectivity index (χ3n) is 10.8. The number of ether oxygens (including phenoxy) is 1. The monoisotopic (exact) mass is 551 g/mol. The molecule has 5 nitrogen and oxygen atoms in total. The summed E-state index contributed by atoms with van der Waals surface area (Å²) in [5.74, 6) is 0.744. The van der Waals surface area contributed by atoms with Crippen molar-refractivity contribution in [2.24, 2.45) is 16.7 Å². The highest BCUT2D eigenvalue weighted by atomic mass is 16.5.